The molecule has 1 aromatic carbocycles. The summed E-state index contributed by atoms with van der Waals surface area (Å²) in [5, 5.41) is 0.838. The number of carbonyl (C=O) groups is 1. The fourth-order valence-electron chi connectivity index (χ4n) is 1.05. The lowest BCUT2D eigenvalue weighted by atomic mass is 10.1. The number of benzene rings is 1. The van der Waals surface area contributed by atoms with E-state index in [-0.39, 0.29) is 5.78 Å². The summed E-state index contributed by atoms with van der Waals surface area (Å²) in [7, 11) is 3.57. The van der Waals surface area contributed by atoms with Crippen molar-refractivity contribution in [2.75, 3.05) is 21.3 Å². The smallest absolute Gasteiger partial charge is 0.316 e. The number of alkyl halides is 1. The maximum absolute atomic E-state index is 10.8. The van der Waals surface area contributed by atoms with Gasteiger partial charge in [-0.15, -0.1) is 0 Å². The van der Waals surface area contributed by atoms with Gasteiger partial charge in [0.05, 0.1) is 0 Å². The van der Waals surface area contributed by atoms with Gasteiger partial charge in [-0.3, -0.25) is 4.79 Å². The second kappa shape index (κ2) is 10.6. The van der Waals surface area contributed by atoms with E-state index in [2.05, 4.69) is 29.5 Å². The SMILES string of the molecule is CC(=O)c1ccc(CBr)cc1.COP(OC)OC. The van der Waals surface area contributed by atoms with Crippen LogP contribution in [0.4, 0.5) is 0 Å². The van der Waals surface area contributed by atoms with Crippen LogP contribution in [0.1, 0.15) is 22.8 Å². The van der Waals surface area contributed by atoms with Gasteiger partial charge in [-0.2, -0.15) is 0 Å². The van der Waals surface area contributed by atoms with Gasteiger partial charge in [0.25, 0.3) is 0 Å². The van der Waals surface area contributed by atoms with Gasteiger partial charge in [0.2, 0.25) is 0 Å². The van der Waals surface area contributed by atoms with Crippen molar-refractivity contribution in [3.63, 3.8) is 0 Å². The Labute approximate surface area is 118 Å². The molecule has 0 fully saturated rings. The molecule has 6 heteroatoms. The molecule has 0 aliphatic carbocycles. The zero-order valence-corrected chi connectivity index (χ0v) is 13.5. The average Bonchev–Trinajstić information content (AvgIpc) is 2.41. The summed E-state index contributed by atoms with van der Waals surface area (Å²) >= 11 is 3.33. The minimum absolute atomic E-state index is 0.117. The molecule has 0 radical (unpaired) electrons. The van der Waals surface area contributed by atoms with Gasteiger partial charge in [-0.1, -0.05) is 40.2 Å². The van der Waals surface area contributed by atoms with Gasteiger partial charge in [-0.25, -0.2) is 0 Å². The van der Waals surface area contributed by atoms with E-state index in [1.807, 2.05) is 24.3 Å². The second-order valence-corrected chi connectivity index (χ2v) is 5.26. The normalized spacial score (nSPS) is 9.89. The fourth-order valence-corrected chi connectivity index (χ4v) is 1.87. The number of hydrogen-bond acceptors (Lipinski definition) is 4. The van der Waals surface area contributed by atoms with Crippen LogP contribution in [-0.4, -0.2) is 27.1 Å². The van der Waals surface area contributed by atoms with Gasteiger partial charge in [-0.05, 0) is 12.5 Å². The van der Waals surface area contributed by atoms with Crippen LogP contribution in [-0.2, 0) is 18.9 Å². The maximum atomic E-state index is 10.8. The summed E-state index contributed by atoms with van der Waals surface area (Å²) in [5.41, 5.74) is 1.96. The largest absolute Gasteiger partial charge is 0.331 e. The molecule has 1 aromatic rings. The molecular weight excluding hydrogens is 319 g/mol. The number of halogens is 1. The first-order chi connectivity index (χ1) is 8.58. The third-order valence-corrected chi connectivity index (χ3v) is 3.50. The van der Waals surface area contributed by atoms with Crippen LogP contribution >= 0.6 is 24.5 Å². The highest BCUT2D eigenvalue weighted by Gasteiger charge is 2.00. The second-order valence-electron chi connectivity index (χ2n) is 3.16. The quantitative estimate of drug-likeness (QED) is 0.464. The van der Waals surface area contributed by atoms with Crippen molar-refractivity contribution >= 4 is 30.3 Å². The molecule has 0 aromatic heterocycles. The Bertz CT molecular complexity index is 333. The highest BCUT2D eigenvalue weighted by Crippen LogP contribution is 2.35. The lowest BCUT2D eigenvalue weighted by Crippen LogP contribution is -1.90. The molecule has 0 heterocycles. The summed E-state index contributed by atoms with van der Waals surface area (Å²) < 4.78 is 14.0. The number of ketones is 1. The van der Waals surface area contributed by atoms with E-state index in [4.69, 9.17) is 0 Å². The maximum Gasteiger partial charge on any atom is 0.331 e. The van der Waals surface area contributed by atoms with Crippen molar-refractivity contribution in [3.8, 4) is 0 Å². The predicted molar refractivity (Wildman–Crippen MR) is 77.0 cm³/mol. The van der Waals surface area contributed by atoms with Crippen molar-refractivity contribution in [2.45, 2.75) is 12.3 Å². The monoisotopic (exact) mass is 336 g/mol. The molecule has 0 unspecified atom stereocenters. The number of carbonyl (C=O) groups excluding carboxylic acids is 1. The molecule has 102 valence electrons. The van der Waals surface area contributed by atoms with E-state index >= 15 is 0 Å². The van der Waals surface area contributed by atoms with Crippen molar-refractivity contribution in [3.05, 3.63) is 35.4 Å². The van der Waals surface area contributed by atoms with E-state index in [1.54, 1.807) is 28.3 Å². The van der Waals surface area contributed by atoms with Gasteiger partial charge in [0.15, 0.2) is 5.78 Å². The van der Waals surface area contributed by atoms with Gasteiger partial charge in [0.1, 0.15) is 0 Å². The van der Waals surface area contributed by atoms with Crippen LogP contribution in [0.3, 0.4) is 0 Å². The lowest BCUT2D eigenvalue weighted by Gasteiger charge is -2.05. The van der Waals surface area contributed by atoms with E-state index < -0.39 is 8.60 Å². The summed E-state index contributed by atoms with van der Waals surface area (Å²) in [6.07, 6.45) is 0. The van der Waals surface area contributed by atoms with Crippen LogP contribution in [0.15, 0.2) is 24.3 Å². The lowest BCUT2D eigenvalue weighted by molar-refractivity contribution is 0.101. The first-order valence-electron chi connectivity index (χ1n) is 5.17. The van der Waals surface area contributed by atoms with Crippen molar-refractivity contribution in [1.29, 1.82) is 0 Å². The number of hydrogen-bond donors (Lipinski definition) is 0. The minimum Gasteiger partial charge on any atom is -0.316 e. The first kappa shape index (κ1) is 17.7. The molecule has 0 amide bonds. The van der Waals surface area contributed by atoms with Crippen LogP contribution < -0.4 is 0 Å². The first-order valence-corrected chi connectivity index (χ1v) is 7.39. The summed E-state index contributed by atoms with van der Waals surface area (Å²) in [6.45, 7) is 1.57. The molecule has 0 atom stereocenters. The zero-order chi connectivity index (χ0) is 14.0. The topological polar surface area (TPSA) is 44.8 Å². The molecular formula is C12H18BrO4P. The summed E-state index contributed by atoms with van der Waals surface area (Å²) in [5.74, 6) is 0.117. The molecule has 4 nitrogen and oxygen atoms in total. The number of Topliss-reactive ketones (excluding diaryl/α,β-unsaturated/α-hetero) is 1. The fraction of sp³-hybridized carbons (Fsp3) is 0.417. The standard InChI is InChI=1S/C9H9BrO.C3H9O3P/c1-7(11)9-4-2-8(6-10)3-5-9;1-4-7(5-2)6-3/h2-5H,6H2,1H3;1-3H3. The Morgan fingerprint density at radius 3 is 1.78 bits per heavy atom. The molecule has 0 saturated heterocycles. The number of rotatable bonds is 5. The predicted octanol–water partition coefficient (Wildman–Crippen LogP) is 3.94. The van der Waals surface area contributed by atoms with E-state index in [0.717, 1.165) is 10.9 Å². The summed E-state index contributed by atoms with van der Waals surface area (Å²) in [4.78, 5) is 10.8. The van der Waals surface area contributed by atoms with E-state index in [0.29, 0.717) is 0 Å². The molecule has 0 spiro atoms. The van der Waals surface area contributed by atoms with Crippen LogP contribution in [0.2, 0.25) is 0 Å². The Kier molecular flexibility index (Phi) is 10.4. The molecule has 0 aliphatic heterocycles. The third kappa shape index (κ3) is 7.19. The van der Waals surface area contributed by atoms with Crippen molar-refractivity contribution in [2.24, 2.45) is 0 Å². The Balaban J connectivity index is 0.000000360. The van der Waals surface area contributed by atoms with Gasteiger partial charge >= 0.3 is 8.60 Å². The minimum atomic E-state index is -1.05. The Morgan fingerprint density at radius 1 is 1.11 bits per heavy atom. The summed E-state index contributed by atoms with van der Waals surface area (Å²) in [6, 6.07) is 7.59. The van der Waals surface area contributed by atoms with E-state index in [9.17, 15) is 4.79 Å². The van der Waals surface area contributed by atoms with Crippen LogP contribution in [0.5, 0.6) is 0 Å². The van der Waals surface area contributed by atoms with E-state index in [1.165, 1.54) is 5.56 Å². The molecule has 0 bridgehead atoms. The van der Waals surface area contributed by atoms with Gasteiger partial charge in [0, 0.05) is 32.2 Å². The van der Waals surface area contributed by atoms with Gasteiger partial charge < -0.3 is 13.6 Å². The Morgan fingerprint density at radius 2 is 1.56 bits per heavy atom. The zero-order valence-electron chi connectivity index (χ0n) is 11.0. The molecule has 0 aliphatic rings. The molecule has 0 saturated carbocycles. The van der Waals surface area contributed by atoms with Crippen molar-refractivity contribution < 1.29 is 18.4 Å². The highest BCUT2D eigenvalue weighted by atomic mass is 79.9. The average molecular weight is 337 g/mol. The molecule has 0 N–H and O–H groups in total. The van der Waals surface area contributed by atoms with Crippen molar-refractivity contribution in [1.82, 2.24) is 0 Å². The molecule has 18 heavy (non-hydrogen) atoms. The Hall–Kier alpha value is -0.320. The third-order valence-electron chi connectivity index (χ3n) is 1.96. The van der Waals surface area contributed by atoms with Crippen LogP contribution in [0.25, 0.3) is 0 Å². The molecule has 1 rings (SSSR count). The van der Waals surface area contributed by atoms with Crippen LogP contribution in [0, 0.1) is 0 Å². The highest BCUT2D eigenvalue weighted by molar-refractivity contribution is 9.08.